The fourth-order valence-corrected chi connectivity index (χ4v) is 3.44. The summed E-state index contributed by atoms with van der Waals surface area (Å²) >= 11 is 1.34. The molecule has 1 aromatic carbocycles. The monoisotopic (exact) mass is 368 g/mol. The number of hydrogen-bond donors (Lipinski definition) is 0. The molecule has 0 radical (unpaired) electrons. The molecule has 0 atom stereocenters. The topological polar surface area (TPSA) is 73.8 Å². The third-order valence-electron chi connectivity index (χ3n) is 3.71. The number of fused-ring (bicyclic) bond motifs is 1. The first-order valence-corrected chi connectivity index (χ1v) is 8.80. The van der Waals surface area contributed by atoms with Crippen molar-refractivity contribution in [3.63, 3.8) is 0 Å². The van der Waals surface area contributed by atoms with E-state index in [2.05, 4.69) is 15.0 Å². The van der Waals surface area contributed by atoms with Gasteiger partial charge in [-0.3, -0.25) is 9.36 Å². The van der Waals surface area contributed by atoms with Gasteiger partial charge in [-0.15, -0.1) is 0 Å². The maximum Gasteiger partial charge on any atom is 0.282 e. The first-order chi connectivity index (χ1) is 12.7. The van der Waals surface area contributed by atoms with E-state index in [4.69, 9.17) is 4.42 Å². The van der Waals surface area contributed by atoms with E-state index in [1.165, 1.54) is 40.9 Å². The van der Waals surface area contributed by atoms with Crippen LogP contribution in [0, 0.1) is 5.82 Å². The van der Waals surface area contributed by atoms with E-state index in [0.717, 1.165) is 5.56 Å². The fraction of sp³-hybridized carbons (Fsp3) is 0.111. The van der Waals surface area contributed by atoms with Crippen LogP contribution in [-0.2, 0) is 12.3 Å². The van der Waals surface area contributed by atoms with Crippen molar-refractivity contribution in [2.45, 2.75) is 17.5 Å². The van der Waals surface area contributed by atoms with Crippen LogP contribution in [0.25, 0.3) is 11.2 Å². The second-order valence-corrected chi connectivity index (χ2v) is 6.45. The van der Waals surface area contributed by atoms with Gasteiger partial charge in [-0.25, -0.2) is 19.3 Å². The Morgan fingerprint density at radius 3 is 2.85 bits per heavy atom. The van der Waals surface area contributed by atoms with Gasteiger partial charge in [-0.2, -0.15) is 0 Å². The second kappa shape index (κ2) is 7.09. The highest BCUT2D eigenvalue weighted by molar-refractivity contribution is 7.98. The largest absolute Gasteiger partial charge is 0.467 e. The van der Waals surface area contributed by atoms with Gasteiger partial charge in [-0.1, -0.05) is 23.9 Å². The molecule has 0 bridgehead atoms. The van der Waals surface area contributed by atoms with E-state index in [1.54, 1.807) is 24.5 Å². The van der Waals surface area contributed by atoms with Crippen LogP contribution >= 0.6 is 11.8 Å². The van der Waals surface area contributed by atoms with Crippen molar-refractivity contribution in [2.75, 3.05) is 0 Å². The number of rotatable bonds is 5. The molecule has 4 rings (SSSR count). The average molecular weight is 368 g/mol. The lowest BCUT2D eigenvalue weighted by atomic mass is 10.2. The lowest BCUT2D eigenvalue weighted by molar-refractivity contribution is 0.476. The lowest BCUT2D eigenvalue weighted by Crippen LogP contribution is -2.25. The third-order valence-corrected chi connectivity index (χ3v) is 4.76. The van der Waals surface area contributed by atoms with Crippen molar-refractivity contribution >= 4 is 22.9 Å². The SMILES string of the molecule is O=c1c2nccnc2nc(SCc2cccc(F)c2)n1Cc1ccco1. The van der Waals surface area contributed by atoms with Crippen molar-refractivity contribution in [1.29, 1.82) is 0 Å². The van der Waals surface area contributed by atoms with Gasteiger partial charge in [0, 0.05) is 18.1 Å². The minimum atomic E-state index is -0.298. The molecule has 0 saturated carbocycles. The van der Waals surface area contributed by atoms with Gasteiger partial charge in [0.05, 0.1) is 12.8 Å². The molecular weight excluding hydrogens is 355 g/mol. The van der Waals surface area contributed by atoms with E-state index in [0.29, 0.717) is 16.7 Å². The molecule has 0 spiro atoms. The first-order valence-electron chi connectivity index (χ1n) is 7.82. The smallest absolute Gasteiger partial charge is 0.282 e. The number of furan rings is 1. The Morgan fingerprint density at radius 1 is 1.15 bits per heavy atom. The molecule has 0 N–H and O–H groups in total. The summed E-state index contributed by atoms with van der Waals surface area (Å²) in [6, 6.07) is 9.88. The van der Waals surface area contributed by atoms with Crippen LogP contribution in [0.5, 0.6) is 0 Å². The normalized spacial score (nSPS) is 11.1. The molecule has 3 heterocycles. The summed E-state index contributed by atoms with van der Waals surface area (Å²) in [6.45, 7) is 0.233. The number of benzene rings is 1. The summed E-state index contributed by atoms with van der Waals surface area (Å²) in [5, 5.41) is 0.476. The molecule has 130 valence electrons. The summed E-state index contributed by atoms with van der Waals surface area (Å²) in [5.74, 6) is 0.798. The molecular formula is C18H13FN4O2S. The van der Waals surface area contributed by atoms with E-state index in [-0.39, 0.29) is 29.1 Å². The molecule has 0 unspecified atom stereocenters. The summed E-state index contributed by atoms with van der Waals surface area (Å²) in [5.41, 5.74) is 0.999. The summed E-state index contributed by atoms with van der Waals surface area (Å²) in [4.78, 5) is 25.5. The minimum absolute atomic E-state index is 0.203. The first kappa shape index (κ1) is 16.5. The number of halogens is 1. The van der Waals surface area contributed by atoms with E-state index < -0.39 is 0 Å². The Hall–Kier alpha value is -3.00. The zero-order valence-electron chi connectivity index (χ0n) is 13.5. The zero-order chi connectivity index (χ0) is 17.9. The maximum absolute atomic E-state index is 13.4. The maximum atomic E-state index is 13.4. The quantitative estimate of drug-likeness (QED) is 0.398. The highest BCUT2D eigenvalue weighted by Gasteiger charge is 2.15. The summed E-state index contributed by atoms with van der Waals surface area (Å²) < 4.78 is 20.2. The van der Waals surface area contributed by atoms with Crippen LogP contribution in [0.1, 0.15) is 11.3 Å². The molecule has 6 nitrogen and oxygen atoms in total. The van der Waals surface area contributed by atoms with Crippen LogP contribution in [0.15, 0.2) is 69.4 Å². The molecule has 0 aliphatic rings. The summed E-state index contributed by atoms with van der Waals surface area (Å²) in [7, 11) is 0. The standard InChI is InChI=1S/C18H13FN4O2S/c19-13-4-1-3-12(9-13)11-26-18-22-16-15(20-6-7-21-16)17(24)23(18)10-14-5-2-8-25-14/h1-9H,10-11H2. The molecule has 4 aromatic rings. The van der Waals surface area contributed by atoms with Gasteiger partial charge in [0.15, 0.2) is 16.3 Å². The highest BCUT2D eigenvalue weighted by Crippen LogP contribution is 2.22. The fourth-order valence-electron chi connectivity index (χ4n) is 2.51. The Balaban J connectivity index is 1.74. The van der Waals surface area contributed by atoms with E-state index in [9.17, 15) is 9.18 Å². The Kier molecular flexibility index (Phi) is 4.49. The predicted octanol–water partition coefficient (Wildman–Crippen LogP) is 3.26. The molecule has 8 heteroatoms. The van der Waals surface area contributed by atoms with Crippen LogP contribution in [0.3, 0.4) is 0 Å². The van der Waals surface area contributed by atoms with Crippen LogP contribution in [0.4, 0.5) is 4.39 Å². The summed E-state index contributed by atoms with van der Waals surface area (Å²) in [6.07, 6.45) is 4.50. The molecule has 0 saturated heterocycles. The van der Waals surface area contributed by atoms with Crippen LogP contribution in [0.2, 0.25) is 0 Å². The van der Waals surface area contributed by atoms with E-state index >= 15 is 0 Å². The second-order valence-electron chi connectivity index (χ2n) is 5.51. The van der Waals surface area contributed by atoms with Crippen molar-refractivity contribution < 1.29 is 8.81 Å². The van der Waals surface area contributed by atoms with Gasteiger partial charge in [0.1, 0.15) is 11.6 Å². The average Bonchev–Trinajstić information content (AvgIpc) is 3.16. The molecule has 0 aliphatic carbocycles. The van der Waals surface area contributed by atoms with Crippen molar-refractivity contribution in [3.05, 3.63) is 82.5 Å². The predicted molar refractivity (Wildman–Crippen MR) is 95.4 cm³/mol. The molecule has 0 fully saturated rings. The Labute approximate surface area is 151 Å². The Bertz CT molecular complexity index is 1110. The van der Waals surface area contributed by atoms with E-state index in [1.807, 2.05) is 6.07 Å². The third kappa shape index (κ3) is 3.36. The van der Waals surface area contributed by atoms with Gasteiger partial charge in [0.2, 0.25) is 0 Å². The Morgan fingerprint density at radius 2 is 2.04 bits per heavy atom. The van der Waals surface area contributed by atoms with Gasteiger partial charge < -0.3 is 4.42 Å². The van der Waals surface area contributed by atoms with Crippen molar-refractivity contribution in [1.82, 2.24) is 19.5 Å². The van der Waals surface area contributed by atoms with Gasteiger partial charge in [0.25, 0.3) is 5.56 Å². The molecule has 3 aromatic heterocycles. The zero-order valence-corrected chi connectivity index (χ0v) is 14.3. The van der Waals surface area contributed by atoms with Crippen molar-refractivity contribution in [3.8, 4) is 0 Å². The molecule has 0 amide bonds. The number of nitrogens with zero attached hydrogens (tertiary/aromatic N) is 4. The van der Waals surface area contributed by atoms with Crippen LogP contribution in [-0.4, -0.2) is 19.5 Å². The van der Waals surface area contributed by atoms with Crippen LogP contribution < -0.4 is 5.56 Å². The number of hydrogen-bond acceptors (Lipinski definition) is 6. The van der Waals surface area contributed by atoms with Gasteiger partial charge >= 0.3 is 0 Å². The lowest BCUT2D eigenvalue weighted by Gasteiger charge is -2.11. The van der Waals surface area contributed by atoms with Crippen molar-refractivity contribution in [2.24, 2.45) is 0 Å². The molecule has 0 aliphatic heterocycles. The van der Waals surface area contributed by atoms with Gasteiger partial charge in [-0.05, 0) is 29.8 Å². The molecule has 26 heavy (non-hydrogen) atoms. The number of aromatic nitrogens is 4. The highest BCUT2D eigenvalue weighted by atomic mass is 32.2. The minimum Gasteiger partial charge on any atom is -0.467 e. The number of thioether (sulfide) groups is 1.